The maximum Gasteiger partial charge on any atom is 0.0558 e. The van der Waals surface area contributed by atoms with Crippen LogP contribution >= 0.6 is 0 Å². The largest absolute Gasteiger partial charge is 0.395 e. The van der Waals surface area contributed by atoms with Crippen LogP contribution in [0.2, 0.25) is 0 Å². The molecule has 124 valence electrons. The van der Waals surface area contributed by atoms with Crippen LogP contribution in [-0.4, -0.2) is 48.3 Å². The van der Waals surface area contributed by atoms with Gasteiger partial charge in [-0.3, -0.25) is 4.90 Å². The number of rotatable bonds is 8. The molecule has 2 N–H and O–H groups in total. The first kappa shape index (κ1) is 17.2. The molecule has 21 heavy (non-hydrogen) atoms. The fourth-order valence-corrected chi connectivity index (χ4v) is 3.99. The summed E-state index contributed by atoms with van der Waals surface area (Å²) >= 11 is 0. The van der Waals surface area contributed by atoms with Gasteiger partial charge in [0.1, 0.15) is 0 Å². The molecule has 0 amide bonds. The minimum Gasteiger partial charge on any atom is -0.395 e. The fraction of sp³-hybridized carbons (Fsp3) is 1.00. The van der Waals surface area contributed by atoms with E-state index < -0.39 is 0 Å². The average Bonchev–Trinajstić information content (AvgIpc) is 2.61. The molecule has 0 aromatic heterocycles. The van der Waals surface area contributed by atoms with Gasteiger partial charge in [0.25, 0.3) is 0 Å². The monoisotopic (exact) mass is 296 g/mol. The van der Waals surface area contributed by atoms with Crippen LogP contribution in [0.15, 0.2) is 0 Å². The third kappa shape index (κ3) is 5.22. The van der Waals surface area contributed by atoms with E-state index in [0.29, 0.717) is 18.1 Å². The van der Waals surface area contributed by atoms with Gasteiger partial charge < -0.3 is 10.4 Å². The van der Waals surface area contributed by atoms with Crippen LogP contribution in [0.3, 0.4) is 0 Å². The first-order valence-electron chi connectivity index (χ1n) is 9.23. The summed E-state index contributed by atoms with van der Waals surface area (Å²) in [6, 6.07) is 1.32. The third-order valence-electron chi connectivity index (χ3n) is 5.57. The van der Waals surface area contributed by atoms with Crippen LogP contribution in [0.1, 0.15) is 71.6 Å². The van der Waals surface area contributed by atoms with Crippen molar-refractivity contribution in [3.8, 4) is 0 Å². The van der Waals surface area contributed by atoms with Crippen LogP contribution in [-0.2, 0) is 0 Å². The second kappa shape index (κ2) is 8.50. The minimum atomic E-state index is 0.310. The zero-order valence-corrected chi connectivity index (χ0v) is 14.2. The molecule has 0 bridgehead atoms. The minimum absolute atomic E-state index is 0.310. The van der Waals surface area contributed by atoms with Crippen molar-refractivity contribution in [2.75, 3.05) is 26.2 Å². The molecule has 2 aliphatic rings. The van der Waals surface area contributed by atoms with Crippen molar-refractivity contribution in [2.45, 2.75) is 83.7 Å². The molecule has 2 rings (SSSR count). The molecule has 0 unspecified atom stereocenters. The Bertz CT molecular complexity index is 281. The van der Waals surface area contributed by atoms with Crippen molar-refractivity contribution in [2.24, 2.45) is 5.41 Å². The summed E-state index contributed by atoms with van der Waals surface area (Å²) in [6.07, 6.45) is 12.4. The predicted octanol–water partition coefficient (Wildman–Crippen LogP) is 3.17. The van der Waals surface area contributed by atoms with Crippen LogP contribution in [0.5, 0.6) is 0 Å². The highest BCUT2D eigenvalue weighted by atomic mass is 16.3. The zero-order chi connectivity index (χ0) is 15.1. The Kier molecular flexibility index (Phi) is 6.97. The van der Waals surface area contributed by atoms with Crippen LogP contribution in [0.4, 0.5) is 0 Å². The van der Waals surface area contributed by atoms with Crippen LogP contribution < -0.4 is 5.32 Å². The van der Waals surface area contributed by atoms with Gasteiger partial charge in [-0.2, -0.15) is 0 Å². The van der Waals surface area contributed by atoms with Gasteiger partial charge in [-0.05, 0) is 31.1 Å². The number of aliphatic hydroxyl groups excluding tert-OH is 1. The summed E-state index contributed by atoms with van der Waals surface area (Å²) < 4.78 is 0. The molecule has 2 fully saturated rings. The predicted molar refractivity (Wildman–Crippen MR) is 89.6 cm³/mol. The quantitative estimate of drug-likeness (QED) is 0.675. The third-order valence-corrected chi connectivity index (χ3v) is 5.57. The number of hydrogen-bond acceptors (Lipinski definition) is 3. The van der Waals surface area contributed by atoms with Gasteiger partial charge in [0.15, 0.2) is 0 Å². The van der Waals surface area contributed by atoms with Crippen LogP contribution in [0.25, 0.3) is 0 Å². The summed E-state index contributed by atoms with van der Waals surface area (Å²) in [5.74, 6) is 0. The zero-order valence-electron chi connectivity index (χ0n) is 14.2. The molecular weight excluding hydrogens is 260 g/mol. The Labute approximate surface area is 131 Å². The lowest BCUT2D eigenvalue weighted by molar-refractivity contribution is 0.0441. The second-order valence-electron chi connectivity index (χ2n) is 7.73. The smallest absolute Gasteiger partial charge is 0.0558 e. The fourth-order valence-electron chi connectivity index (χ4n) is 3.99. The standard InChI is InChI=1S/C18H36N2O/c1-16(2)19-14-18(10-5-3-4-6-11-18)15-20(12-13-21)17-8-7-9-17/h16-17,19,21H,3-15H2,1-2H3. The Hall–Kier alpha value is -0.120. The number of aliphatic hydroxyl groups is 1. The molecule has 3 nitrogen and oxygen atoms in total. The lowest BCUT2D eigenvalue weighted by atomic mass is 9.78. The van der Waals surface area contributed by atoms with E-state index >= 15 is 0 Å². The maximum absolute atomic E-state index is 9.43. The molecule has 0 aromatic carbocycles. The topological polar surface area (TPSA) is 35.5 Å². The van der Waals surface area contributed by atoms with E-state index in [1.165, 1.54) is 64.3 Å². The summed E-state index contributed by atoms with van der Waals surface area (Å²) in [5.41, 5.74) is 0.436. The number of hydrogen-bond donors (Lipinski definition) is 2. The van der Waals surface area contributed by atoms with E-state index in [-0.39, 0.29) is 0 Å². The first-order valence-corrected chi connectivity index (χ1v) is 9.23. The highest BCUT2D eigenvalue weighted by Crippen LogP contribution is 2.37. The van der Waals surface area contributed by atoms with Gasteiger partial charge in [-0.25, -0.2) is 0 Å². The average molecular weight is 296 g/mol. The van der Waals surface area contributed by atoms with Crippen molar-refractivity contribution in [3.63, 3.8) is 0 Å². The molecule has 0 spiro atoms. The lowest BCUT2D eigenvalue weighted by Crippen LogP contribution is -2.51. The van der Waals surface area contributed by atoms with Gasteiger partial charge in [0, 0.05) is 31.7 Å². The SMILES string of the molecule is CC(C)NCC1(CN(CCO)C2CCC2)CCCCCC1. The number of nitrogens with zero attached hydrogens (tertiary/aromatic N) is 1. The molecule has 0 aliphatic heterocycles. The Morgan fingerprint density at radius 1 is 1.10 bits per heavy atom. The molecule has 0 aromatic rings. The van der Waals surface area contributed by atoms with E-state index in [9.17, 15) is 5.11 Å². The highest BCUT2D eigenvalue weighted by molar-refractivity contribution is 4.91. The van der Waals surface area contributed by atoms with Crippen molar-refractivity contribution < 1.29 is 5.11 Å². The molecule has 0 heterocycles. The van der Waals surface area contributed by atoms with Gasteiger partial charge in [0.2, 0.25) is 0 Å². The molecule has 0 radical (unpaired) electrons. The van der Waals surface area contributed by atoms with Gasteiger partial charge in [-0.15, -0.1) is 0 Å². The van der Waals surface area contributed by atoms with Gasteiger partial charge in [-0.1, -0.05) is 46.0 Å². The second-order valence-corrected chi connectivity index (χ2v) is 7.73. The summed E-state index contributed by atoms with van der Waals surface area (Å²) in [7, 11) is 0. The Morgan fingerprint density at radius 3 is 2.24 bits per heavy atom. The maximum atomic E-state index is 9.43. The van der Waals surface area contributed by atoms with Crippen molar-refractivity contribution >= 4 is 0 Å². The van der Waals surface area contributed by atoms with E-state index in [2.05, 4.69) is 24.1 Å². The van der Waals surface area contributed by atoms with Crippen molar-refractivity contribution in [1.29, 1.82) is 0 Å². The lowest BCUT2D eigenvalue weighted by Gasteiger charge is -2.44. The van der Waals surface area contributed by atoms with Gasteiger partial charge >= 0.3 is 0 Å². The van der Waals surface area contributed by atoms with E-state index in [1.807, 2.05) is 0 Å². The number of nitrogens with one attached hydrogen (secondary N) is 1. The van der Waals surface area contributed by atoms with E-state index in [1.54, 1.807) is 0 Å². The molecule has 0 saturated heterocycles. The Balaban J connectivity index is 2.01. The normalized spacial score (nSPS) is 23.3. The van der Waals surface area contributed by atoms with Crippen molar-refractivity contribution in [1.82, 2.24) is 10.2 Å². The molecule has 2 saturated carbocycles. The molecular formula is C18H36N2O. The van der Waals surface area contributed by atoms with E-state index in [4.69, 9.17) is 0 Å². The molecule has 2 aliphatic carbocycles. The summed E-state index contributed by atoms with van der Waals surface area (Å²) in [4.78, 5) is 2.61. The highest BCUT2D eigenvalue weighted by Gasteiger charge is 2.36. The molecule has 3 heteroatoms. The summed E-state index contributed by atoms with van der Waals surface area (Å²) in [6.45, 7) is 8.03. The van der Waals surface area contributed by atoms with Crippen molar-refractivity contribution in [3.05, 3.63) is 0 Å². The summed E-state index contributed by atoms with van der Waals surface area (Å²) in [5, 5.41) is 13.2. The first-order chi connectivity index (χ1) is 10.2. The Morgan fingerprint density at radius 2 is 1.76 bits per heavy atom. The van der Waals surface area contributed by atoms with Gasteiger partial charge in [0.05, 0.1) is 6.61 Å². The molecule has 0 atom stereocenters. The van der Waals surface area contributed by atoms with E-state index in [0.717, 1.165) is 19.1 Å². The van der Waals surface area contributed by atoms with Crippen LogP contribution in [0, 0.1) is 5.41 Å².